The molecule has 0 aliphatic carbocycles. The fraction of sp³-hybridized carbons (Fsp3) is 0.238. The summed E-state index contributed by atoms with van der Waals surface area (Å²) in [5.74, 6) is 0.748. The van der Waals surface area contributed by atoms with Crippen LogP contribution in [0.2, 0.25) is 0 Å². The zero-order chi connectivity index (χ0) is 21.0. The van der Waals surface area contributed by atoms with E-state index in [9.17, 15) is 9.59 Å². The van der Waals surface area contributed by atoms with E-state index in [0.717, 1.165) is 17.0 Å². The van der Waals surface area contributed by atoms with E-state index < -0.39 is 0 Å². The van der Waals surface area contributed by atoms with Crippen LogP contribution in [0.5, 0.6) is 0 Å². The van der Waals surface area contributed by atoms with Gasteiger partial charge in [-0.25, -0.2) is 0 Å². The molecule has 7 nitrogen and oxygen atoms in total. The Morgan fingerprint density at radius 3 is 2.41 bits per heavy atom. The van der Waals surface area contributed by atoms with Gasteiger partial charge in [0.15, 0.2) is 11.0 Å². The average molecular weight is 410 g/mol. The molecule has 0 atom stereocenters. The van der Waals surface area contributed by atoms with E-state index in [1.54, 1.807) is 38.4 Å². The quantitative estimate of drug-likeness (QED) is 0.633. The van der Waals surface area contributed by atoms with Crippen LogP contribution in [0.25, 0.3) is 11.4 Å². The first kappa shape index (κ1) is 20.6. The molecule has 29 heavy (non-hydrogen) atoms. The summed E-state index contributed by atoms with van der Waals surface area (Å²) >= 11 is 1.32. The fourth-order valence-electron chi connectivity index (χ4n) is 2.78. The summed E-state index contributed by atoms with van der Waals surface area (Å²) in [6, 6.07) is 14.8. The number of thioether (sulfide) groups is 1. The molecule has 1 heterocycles. The lowest BCUT2D eigenvalue weighted by atomic mass is 10.1. The molecule has 3 rings (SSSR count). The predicted molar refractivity (Wildman–Crippen MR) is 115 cm³/mol. The largest absolute Gasteiger partial charge is 0.345 e. The molecule has 3 aromatic rings. The van der Waals surface area contributed by atoms with Crippen molar-refractivity contribution in [2.45, 2.75) is 12.1 Å². The molecule has 0 aliphatic rings. The highest BCUT2D eigenvalue weighted by atomic mass is 32.2. The van der Waals surface area contributed by atoms with Crippen LogP contribution in [0.15, 0.2) is 53.7 Å². The molecule has 2 amide bonds. The van der Waals surface area contributed by atoms with Gasteiger partial charge in [0.2, 0.25) is 5.91 Å². The van der Waals surface area contributed by atoms with Gasteiger partial charge in [-0.2, -0.15) is 0 Å². The highest BCUT2D eigenvalue weighted by Crippen LogP contribution is 2.25. The van der Waals surface area contributed by atoms with Crippen LogP contribution in [-0.2, 0) is 11.8 Å². The van der Waals surface area contributed by atoms with Gasteiger partial charge >= 0.3 is 0 Å². The lowest BCUT2D eigenvalue weighted by Crippen LogP contribution is -2.21. The van der Waals surface area contributed by atoms with Gasteiger partial charge < -0.3 is 14.8 Å². The highest BCUT2D eigenvalue weighted by molar-refractivity contribution is 7.99. The smallest absolute Gasteiger partial charge is 0.253 e. The molecule has 0 saturated carbocycles. The Balaban J connectivity index is 1.60. The van der Waals surface area contributed by atoms with E-state index in [4.69, 9.17) is 0 Å². The van der Waals surface area contributed by atoms with Crippen molar-refractivity contribution >= 4 is 29.3 Å². The van der Waals surface area contributed by atoms with Crippen molar-refractivity contribution in [3.63, 3.8) is 0 Å². The summed E-state index contributed by atoms with van der Waals surface area (Å²) < 4.78 is 1.89. The number of hydrogen-bond donors (Lipinski definition) is 1. The van der Waals surface area contributed by atoms with Crippen molar-refractivity contribution in [1.29, 1.82) is 0 Å². The summed E-state index contributed by atoms with van der Waals surface area (Å²) in [6.07, 6.45) is 0. The van der Waals surface area contributed by atoms with Crippen LogP contribution in [0.1, 0.15) is 15.9 Å². The second kappa shape index (κ2) is 8.91. The molecule has 1 N–H and O–H groups in total. The summed E-state index contributed by atoms with van der Waals surface area (Å²) in [6.45, 7) is 2.03. The topological polar surface area (TPSA) is 80.1 Å². The number of benzene rings is 2. The van der Waals surface area contributed by atoms with E-state index in [-0.39, 0.29) is 17.6 Å². The molecule has 0 spiro atoms. The number of amides is 2. The molecule has 0 unspecified atom stereocenters. The third-order valence-electron chi connectivity index (χ3n) is 4.38. The van der Waals surface area contributed by atoms with Crippen molar-refractivity contribution in [1.82, 2.24) is 19.7 Å². The van der Waals surface area contributed by atoms with Gasteiger partial charge in [-0.1, -0.05) is 36.0 Å². The van der Waals surface area contributed by atoms with Crippen LogP contribution in [-0.4, -0.2) is 51.3 Å². The van der Waals surface area contributed by atoms with Crippen LogP contribution < -0.4 is 5.32 Å². The molecule has 0 saturated heterocycles. The maximum Gasteiger partial charge on any atom is 0.253 e. The van der Waals surface area contributed by atoms with E-state index >= 15 is 0 Å². The lowest BCUT2D eigenvalue weighted by molar-refractivity contribution is -0.113. The molecule has 150 valence electrons. The van der Waals surface area contributed by atoms with Gasteiger partial charge in [0.1, 0.15) is 0 Å². The van der Waals surface area contributed by atoms with Crippen molar-refractivity contribution in [3.8, 4) is 11.4 Å². The monoisotopic (exact) mass is 409 g/mol. The van der Waals surface area contributed by atoms with Crippen LogP contribution in [0.4, 0.5) is 5.69 Å². The molecule has 0 fully saturated rings. The normalized spacial score (nSPS) is 10.6. The van der Waals surface area contributed by atoms with E-state index in [1.165, 1.54) is 16.7 Å². The number of nitrogens with zero attached hydrogens (tertiary/aromatic N) is 4. The number of hydrogen-bond acceptors (Lipinski definition) is 5. The molecule has 0 radical (unpaired) electrons. The second-order valence-electron chi connectivity index (χ2n) is 6.79. The van der Waals surface area contributed by atoms with Crippen LogP contribution >= 0.6 is 11.8 Å². The minimum absolute atomic E-state index is 0.0785. The molecule has 0 aliphatic heterocycles. The number of nitrogens with one attached hydrogen (secondary N) is 1. The first-order valence-electron chi connectivity index (χ1n) is 9.06. The SMILES string of the molecule is Cc1ccccc1-c1nnc(SCC(=O)Nc2ccc(C(=O)N(C)C)cc2)n1C. The Labute approximate surface area is 174 Å². The number of aromatic nitrogens is 3. The van der Waals surface area contributed by atoms with Gasteiger partial charge in [0.05, 0.1) is 5.75 Å². The van der Waals surface area contributed by atoms with Crippen molar-refractivity contribution in [3.05, 3.63) is 59.7 Å². The summed E-state index contributed by atoms with van der Waals surface area (Å²) in [7, 11) is 5.29. The zero-order valence-corrected chi connectivity index (χ0v) is 17.7. The minimum Gasteiger partial charge on any atom is -0.345 e. The number of aryl methyl sites for hydroxylation is 1. The Morgan fingerprint density at radius 1 is 1.07 bits per heavy atom. The van der Waals surface area contributed by atoms with Gasteiger partial charge in [-0.3, -0.25) is 9.59 Å². The zero-order valence-electron chi connectivity index (χ0n) is 16.8. The Morgan fingerprint density at radius 2 is 1.76 bits per heavy atom. The van der Waals surface area contributed by atoms with Crippen LogP contribution in [0, 0.1) is 6.92 Å². The molecule has 0 bridgehead atoms. The van der Waals surface area contributed by atoms with Gasteiger partial charge in [-0.05, 0) is 36.8 Å². The van der Waals surface area contributed by atoms with Crippen molar-refractivity contribution < 1.29 is 9.59 Å². The highest BCUT2D eigenvalue weighted by Gasteiger charge is 2.14. The molecule has 8 heteroatoms. The Kier molecular flexibility index (Phi) is 6.33. The van der Waals surface area contributed by atoms with Gasteiger partial charge in [-0.15, -0.1) is 10.2 Å². The third kappa shape index (κ3) is 4.83. The second-order valence-corrected chi connectivity index (χ2v) is 7.74. The molecule has 2 aromatic carbocycles. The first-order chi connectivity index (χ1) is 13.9. The summed E-state index contributed by atoms with van der Waals surface area (Å²) in [5.41, 5.74) is 3.36. The average Bonchev–Trinajstić information content (AvgIpc) is 3.07. The maximum atomic E-state index is 12.3. The number of carbonyl (C=O) groups is 2. The van der Waals surface area contributed by atoms with Gasteiger partial charge in [0.25, 0.3) is 5.91 Å². The third-order valence-corrected chi connectivity index (χ3v) is 5.40. The molecular weight excluding hydrogens is 386 g/mol. The van der Waals surface area contributed by atoms with Gasteiger partial charge in [0, 0.05) is 38.0 Å². The summed E-state index contributed by atoms with van der Waals surface area (Å²) in [5, 5.41) is 12.0. The predicted octanol–water partition coefficient (Wildman–Crippen LogP) is 3.22. The van der Waals surface area contributed by atoms with E-state index in [0.29, 0.717) is 16.4 Å². The van der Waals surface area contributed by atoms with Crippen molar-refractivity contribution in [2.75, 3.05) is 25.2 Å². The Hall–Kier alpha value is -3.13. The van der Waals surface area contributed by atoms with Crippen LogP contribution in [0.3, 0.4) is 0 Å². The molecular formula is C21H23N5O2S. The number of carbonyl (C=O) groups excluding carboxylic acids is 2. The number of anilines is 1. The Bertz CT molecular complexity index is 1030. The van der Waals surface area contributed by atoms with E-state index in [2.05, 4.69) is 15.5 Å². The number of rotatable bonds is 6. The standard InChI is InChI=1S/C21H23N5O2S/c1-14-7-5-6-8-17(14)19-23-24-21(26(19)4)29-13-18(27)22-16-11-9-15(10-12-16)20(28)25(2)3/h5-12H,13H2,1-4H3,(H,22,27). The summed E-state index contributed by atoms with van der Waals surface area (Å²) in [4.78, 5) is 25.7. The minimum atomic E-state index is -0.151. The maximum absolute atomic E-state index is 12.3. The fourth-order valence-corrected chi connectivity index (χ4v) is 3.49. The first-order valence-corrected chi connectivity index (χ1v) is 10.0. The van der Waals surface area contributed by atoms with E-state index in [1.807, 2.05) is 42.8 Å². The van der Waals surface area contributed by atoms with Crippen molar-refractivity contribution in [2.24, 2.45) is 7.05 Å². The molecule has 1 aromatic heterocycles. The lowest BCUT2D eigenvalue weighted by Gasteiger charge is -2.11.